The number of hydrogen-bond acceptors (Lipinski definition) is 2. The number of phenols is 1. The zero-order valence-corrected chi connectivity index (χ0v) is 11.7. The summed E-state index contributed by atoms with van der Waals surface area (Å²) in [5, 5.41) is 12.4. The number of alkyl halides is 3. The first kappa shape index (κ1) is 15.7. The Balaban J connectivity index is 2.02. The average Bonchev–Trinajstić information content (AvgIpc) is 2.42. The Morgan fingerprint density at radius 1 is 1.05 bits per heavy atom. The van der Waals surface area contributed by atoms with Gasteiger partial charge in [0.1, 0.15) is 5.75 Å². The molecule has 0 bridgehead atoms. The highest BCUT2D eigenvalue weighted by atomic mass is 35.5. The lowest BCUT2D eigenvalue weighted by atomic mass is 10.1. The van der Waals surface area contributed by atoms with Crippen molar-refractivity contribution in [1.82, 2.24) is 5.32 Å². The normalized spacial score (nSPS) is 11.6. The van der Waals surface area contributed by atoms with Crippen molar-refractivity contribution in [3.63, 3.8) is 0 Å². The Morgan fingerprint density at radius 2 is 1.76 bits per heavy atom. The van der Waals surface area contributed by atoms with Crippen LogP contribution in [0.1, 0.15) is 16.7 Å². The van der Waals surface area contributed by atoms with Crippen molar-refractivity contribution in [2.75, 3.05) is 0 Å². The molecule has 0 aliphatic heterocycles. The molecule has 0 spiro atoms. The van der Waals surface area contributed by atoms with Gasteiger partial charge in [0.2, 0.25) is 0 Å². The lowest BCUT2D eigenvalue weighted by molar-refractivity contribution is -0.138. The minimum absolute atomic E-state index is 0.0252. The molecule has 0 saturated carbocycles. The van der Waals surface area contributed by atoms with Gasteiger partial charge in [-0.05, 0) is 29.3 Å². The maximum Gasteiger partial charge on any atom is 0.416 e. The monoisotopic (exact) mass is 315 g/mol. The molecule has 112 valence electrons. The first-order valence-corrected chi connectivity index (χ1v) is 6.59. The van der Waals surface area contributed by atoms with E-state index < -0.39 is 11.7 Å². The van der Waals surface area contributed by atoms with Crippen molar-refractivity contribution in [2.24, 2.45) is 0 Å². The van der Waals surface area contributed by atoms with E-state index >= 15 is 0 Å². The summed E-state index contributed by atoms with van der Waals surface area (Å²) in [7, 11) is 0. The summed E-state index contributed by atoms with van der Waals surface area (Å²) in [6, 6.07) is 10.1. The zero-order chi connectivity index (χ0) is 15.5. The fraction of sp³-hybridized carbons (Fsp3) is 0.200. The Labute approximate surface area is 125 Å². The Morgan fingerprint density at radius 3 is 2.43 bits per heavy atom. The SMILES string of the molecule is Oc1ccc(CNCc2ccccc2C(F)(F)F)cc1Cl. The number of benzene rings is 2. The highest BCUT2D eigenvalue weighted by molar-refractivity contribution is 6.32. The molecule has 6 heteroatoms. The van der Waals surface area contributed by atoms with Gasteiger partial charge in [0.25, 0.3) is 0 Å². The molecular weight excluding hydrogens is 303 g/mol. The van der Waals surface area contributed by atoms with Crippen LogP contribution in [0.25, 0.3) is 0 Å². The van der Waals surface area contributed by atoms with Crippen LogP contribution in [-0.4, -0.2) is 5.11 Å². The van der Waals surface area contributed by atoms with Crippen LogP contribution in [0.15, 0.2) is 42.5 Å². The fourth-order valence-electron chi connectivity index (χ4n) is 1.95. The van der Waals surface area contributed by atoms with Crippen LogP contribution in [-0.2, 0) is 19.3 Å². The third-order valence-corrected chi connectivity index (χ3v) is 3.28. The Bertz CT molecular complexity index is 629. The highest BCUT2D eigenvalue weighted by Gasteiger charge is 2.32. The lowest BCUT2D eigenvalue weighted by Crippen LogP contribution is -2.17. The van der Waals surface area contributed by atoms with Gasteiger partial charge < -0.3 is 10.4 Å². The summed E-state index contributed by atoms with van der Waals surface area (Å²) in [4.78, 5) is 0. The molecule has 2 aromatic carbocycles. The molecule has 0 unspecified atom stereocenters. The van der Waals surface area contributed by atoms with Gasteiger partial charge in [0.05, 0.1) is 10.6 Å². The van der Waals surface area contributed by atoms with Crippen LogP contribution < -0.4 is 5.32 Å². The molecule has 0 heterocycles. The molecule has 0 aliphatic rings. The molecule has 2 nitrogen and oxygen atoms in total. The van der Waals surface area contributed by atoms with Crippen LogP contribution in [0.3, 0.4) is 0 Å². The Kier molecular flexibility index (Phi) is 4.75. The van der Waals surface area contributed by atoms with Gasteiger partial charge in [-0.2, -0.15) is 13.2 Å². The van der Waals surface area contributed by atoms with Gasteiger partial charge in [0.15, 0.2) is 0 Å². The quantitative estimate of drug-likeness (QED) is 0.879. The molecule has 0 amide bonds. The summed E-state index contributed by atoms with van der Waals surface area (Å²) in [5.74, 6) is -0.0252. The maximum atomic E-state index is 12.8. The third-order valence-electron chi connectivity index (χ3n) is 2.98. The summed E-state index contributed by atoms with van der Waals surface area (Å²) in [6.45, 7) is 0.445. The first-order chi connectivity index (χ1) is 9.88. The van der Waals surface area contributed by atoms with Crippen LogP contribution >= 0.6 is 11.6 Å². The molecule has 0 saturated heterocycles. The number of rotatable bonds is 4. The minimum atomic E-state index is -4.36. The molecule has 0 radical (unpaired) electrons. The van der Waals surface area contributed by atoms with Gasteiger partial charge >= 0.3 is 6.18 Å². The van der Waals surface area contributed by atoms with Gasteiger partial charge in [-0.3, -0.25) is 0 Å². The zero-order valence-electron chi connectivity index (χ0n) is 10.9. The Hall–Kier alpha value is -1.72. The summed E-state index contributed by atoms with van der Waals surface area (Å²) >= 11 is 5.77. The second-order valence-corrected chi connectivity index (χ2v) is 4.95. The largest absolute Gasteiger partial charge is 0.506 e. The van der Waals surface area contributed by atoms with Crippen LogP contribution in [0, 0.1) is 0 Å². The molecule has 2 rings (SSSR count). The lowest BCUT2D eigenvalue weighted by Gasteiger charge is -2.13. The van der Waals surface area contributed by atoms with E-state index in [4.69, 9.17) is 11.6 Å². The molecule has 2 aromatic rings. The molecule has 0 aliphatic carbocycles. The predicted octanol–water partition coefficient (Wildman–Crippen LogP) is 4.35. The van der Waals surface area contributed by atoms with Crippen molar-refractivity contribution >= 4 is 11.6 Å². The van der Waals surface area contributed by atoms with Gasteiger partial charge in [-0.15, -0.1) is 0 Å². The number of nitrogens with one attached hydrogen (secondary N) is 1. The minimum Gasteiger partial charge on any atom is -0.506 e. The van der Waals surface area contributed by atoms with Gasteiger partial charge in [-0.25, -0.2) is 0 Å². The van der Waals surface area contributed by atoms with Gasteiger partial charge in [0, 0.05) is 13.1 Å². The van der Waals surface area contributed by atoms with E-state index in [9.17, 15) is 18.3 Å². The summed E-state index contributed by atoms with van der Waals surface area (Å²) in [5.41, 5.74) is 0.332. The van der Waals surface area contributed by atoms with Crippen LogP contribution in [0.2, 0.25) is 5.02 Å². The topological polar surface area (TPSA) is 32.3 Å². The molecular formula is C15H13ClF3NO. The highest BCUT2D eigenvalue weighted by Crippen LogP contribution is 2.31. The van der Waals surface area contributed by atoms with E-state index in [0.717, 1.165) is 11.6 Å². The number of phenolic OH excluding ortho intramolecular Hbond substituents is 1. The van der Waals surface area contributed by atoms with E-state index in [1.807, 2.05) is 0 Å². The van der Waals surface area contributed by atoms with E-state index in [0.29, 0.717) is 6.54 Å². The van der Waals surface area contributed by atoms with Crippen molar-refractivity contribution in [3.05, 3.63) is 64.2 Å². The van der Waals surface area contributed by atoms with E-state index in [1.165, 1.54) is 18.2 Å². The first-order valence-electron chi connectivity index (χ1n) is 6.21. The van der Waals surface area contributed by atoms with Crippen molar-refractivity contribution < 1.29 is 18.3 Å². The number of halogens is 4. The predicted molar refractivity (Wildman–Crippen MR) is 75.1 cm³/mol. The van der Waals surface area contributed by atoms with Crippen LogP contribution in [0.4, 0.5) is 13.2 Å². The number of aromatic hydroxyl groups is 1. The second-order valence-electron chi connectivity index (χ2n) is 4.54. The average molecular weight is 316 g/mol. The van der Waals surface area contributed by atoms with E-state index in [-0.39, 0.29) is 22.9 Å². The van der Waals surface area contributed by atoms with Crippen molar-refractivity contribution in [1.29, 1.82) is 0 Å². The summed E-state index contributed by atoms with van der Waals surface area (Å²) in [6.07, 6.45) is -4.36. The molecule has 2 N–H and O–H groups in total. The van der Waals surface area contributed by atoms with Crippen molar-refractivity contribution in [3.8, 4) is 5.75 Å². The molecule has 0 fully saturated rings. The molecule has 0 atom stereocenters. The van der Waals surface area contributed by atoms with E-state index in [1.54, 1.807) is 18.2 Å². The maximum absolute atomic E-state index is 12.8. The van der Waals surface area contributed by atoms with Crippen LogP contribution in [0.5, 0.6) is 5.75 Å². The fourth-order valence-corrected chi connectivity index (χ4v) is 2.16. The molecule has 21 heavy (non-hydrogen) atoms. The van der Waals surface area contributed by atoms with Crippen molar-refractivity contribution in [2.45, 2.75) is 19.3 Å². The second kappa shape index (κ2) is 6.37. The molecule has 0 aromatic heterocycles. The number of hydrogen-bond donors (Lipinski definition) is 2. The van der Waals surface area contributed by atoms with Gasteiger partial charge in [-0.1, -0.05) is 35.9 Å². The van der Waals surface area contributed by atoms with E-state index in [2.05, 4.69) is 5.32 Å². The third kappa shape index (κ3) is 4.12. The summed E-state index contributed by atoms with van der Waals surface area (Å²) < 4.78 is 38.5. The standard InChI is InChI=1S/C15H13ClF3NO/c16-13-7-10(5-6-14(13)21)8-20-9-11-3-1-2-4-12(11)15(17,18)19/h1-7,20-21H,8-9H2. The smallest absolute Gasteiger partial charge is 0.416 e.